The number of methoxy groups -OCH3 is 1. The number of anilines is 1. The fourth-order valence-corrected chi connectivity index (χ4v) is 2.50. The van der Waals surface area contributed by atoms with Crippen LogP contribution in [-0.4, -0.2) is 19.0 Å². The molecule has 0 spiro atoms. The van der Waals surface area contributed by atoms with Crippen molar-refractivity contribution in [2.24, 2.45) is 5.92 Å². The number of benzene rings is 2. The summed E-state index contributed by atoms with van der Waals surface area (Å²) < 4.78 is 4.65. The Kier molecular flexibility index (Phi) is 6.55. The molecule has 1 amide bonds. The summed E-state index contributed by atoms with van der Waals surface area (Å²) in [5, 5.41) is 2.86. The number of rotatable bonds is 7. The molecule has 1 N–H and O–H groups in total. The topological polar surface area (TPSA) is 55.4 Å². The second kappa shape index (κ2) is 8.87. The average molecular weight is 325 g/mol. The minimum atomic E-state index is -0.387. The third-order valence-electron chi connectivity index (χ3n) is 3.89. The Bertz CT molecular complexity index is 665. The molecule has 2 aromatic rings. The largest absolute Gasteiger partial charge is 0.465 e. The van der Waals surface area contributed by atoms with Crippen LogP contribution < -0.4 is 5.32 Å². The first-order chi connectivity index (χ1) is 11.6. The quantitative estimate of drug-likeness (QED) is 0.781. The van der Waals surface area contributed by atoms with Gasteiger partial charge in [-0.2, -0.15) is 0 Å². The molecule has 24 heavy (non-hydrogen) atoms. The molecule has 0 saturated heterocycles. The Morgan fingerprint density at radius 1 is 1.04 bits per heavy atom. The minimum absolute atomic E-state index is 0.0126. The molecule has 1 atom stereocenters. The average Bonchev–Trinajstić information content (AvgIpc) is 2.60. The van der Waals surface area contributed by atoms with Crippen molar-refractivity contribution < 1.29 is 14.3 Å². The van der Waals surface area contributed by atoms with Crippen LogP contribution in [0.2, 0.25) is 0 Å². The van der Waals surface area contributed by atoms with Gasteiger partial charge in [0.2, 0.25) is 5.91 Å². The second-order valence-corrected chi connectivity index (χ2v) is 5.95. The van der Waals surface area contributed by atoms with Crippen LogP contribution >= 0.6 is 0 Å². The zero-order valence-corrected chi connectivity index (χ0v) is 14.1. The van der Waals surface area contributed by atoms with E-state index in [9.17, 15) is 9.59 Å². The fourth-order valence-electron chi connectivity index (χ4n) is 2.50. The molecule has 0 fully saturated rings. The molecular formula is C20H23NO3. The number of nitrogens with one attached hydrogen (secondary N) is 1. The van der Waals surface area contributed by atoms with Crippen molar-refractivity contribution in [3.8, 4) is 0 Å². The van der Waals surface area contributed by atoms with Crippen molar-refractivity contribution in [1.82, 2.24) is 0 Å². The van der Waals surface area contributed by atoms with E-state index >= 15 is 0 Å². The van der Waals surface area contributed by atoms with Gasteiger partial charge >= 0.3 is 5.97 Å². The summed E-state index contributed by atoms with van der Waals surface area (Å²) in [7, 11) is 1.34. The summed E-state index contributed by atoms with van der Waals surface area (Å²) in [5.74, 6) is -0.0941. The molecule has 0 unspecified atom stereocenters. The lowest BCUT2D eigenvalue weighted by Crippen LogP contribution is -2.15. The van der Waals surface area contributed by atoms with E-state index in [0.29, 0.717) is 23.6 Å². The highest BCUT2D eigenvalue weighted by Gasteiger charge is 2.10. The van der Waals surface area contributed by atoms with Crippen molar-refractivity contribution in [3.63, 3.8) is 0 Å². The van der Waals surface area contributed by atoms with E-state index in [-0.39, 0.29) is 11.9 Å². The molecule has 0 heterocycles. The molecule has 4 nitrogen and oxygen atoms in total. The van der Waals surface area contributed by atoms with Crippen LogP contribution in [0.15, 0.2) is 54.6 Å². The van der Waals surface area contributed by atoms with E-state index in [1.54, 1.807) is 24.3 Å². The number of aryl methyl sites for hydroxylation is 1. The Balaban J connectivity index is 1.78. The number of hydrogen-bond acceptors (Lipinski definition) is 3. The van der Waals surface area contributed by atoms with E-state index < -0.39 is 0 Å². The molecule has 126 valence electrons. The first-order valence-corrected chi connectivity index (χ1v) is 8.10. The van der Waals surface area contributed by atoms with Gasteiger partial charge in [0, 0.05) is 12.1 Å². The number of ether oxygens (including phenoxy) is 1. The number of esters is 1. The van der Waals surface area contributed by atoms with Crippen molar-refractivity contribution in [3.05, 3.63) is 65.7 Å². The highest BCUT2D eigenvalue weighted by Crippen LogP contribution is 2.15. The summed E-state index contributed by atoms with van der Waals surface area (Å²) in [6, 6.07) is 17.0. The molecule has 0 aliphatic carbocycles. The van der Waals surface area contributed by atoms with Crippen molar-refractivity contribution in [2.75, 3.05) is 12.4 Å². The van der Waals surface area contributed by atoms with E-state index in [2.05, 4.69) is 29.1 Å². The van der Waals surface area contributed by atoms with Crippen LogP contribution in [0.5, 0.6) is 0 Å². The van der Waals surface area contributed by atoms with Gasteiger partial charge in [-0.15, -0.1) is 0 Å². The summed E-state index contributed by atoms with van der Waals surface area (Å²) in [5.41, 5.74) is 2.44. The lowest BCUT2D eigenvalue weighted by Gasteiger charge is -2.12. The molecule has 0 saturated carbocycles. The van der Waals surface area contributed by atoms with Gasteiger partial charge in [-0.25, -0.2) is 4.79 Å². The molecule has 0 bridgehead atoms. The van der Waals surface area contributed by atoms with Crippen molar-refractivity contribution in [1.29, 1.82) is 0 Å². The van der Waals surface area contributed by atoms with E-state index in [0.717, 1.165) is 12.8 Å². The molecular weight excluding hydrogens is 302 g/mol. The predicted molar refractivity (Wildman–Crippen MR) is 95.0 cm³/mol. The summed E-state index contributed by atoms with van der Waals surface area (Å²) in [4.78, 5) is 23.5. The third-order valence-corrected chi connectivity index (χ3v) is 3.89. The van der Waals surface area contributed by atoms with Gasteiger partial charge in [0.25, 0.3) is 0 Å². The number of carbonyl (C=O) groups is 2. The van der Waals surface area contributed by atoms with Gasteiger partial charge in [0.05, 0.1) is 12.7 Å². The maximum Gasteiger partial charge on any atom is 0.337 e. The Labute approximate surface area is 142 Å². The Morgan fingerprint density at radius 3 is 2.33 bits per heavy atom. The van der Waals surface area contributed by atoms with Crippen LogP contribution in [0.3, 0.4) is 0 Å². The van der Waals surface area contributed by atoms with Crippen LogP contribution in [-0.2, 0) is 16.0 Å². The van der Waals surface area contributed by atoms with Crippen LogP contribution in [0, 0.1) is 5.92 Å². The van der Waals surface area contributed by atoms with Gasteiger partial charge in [0.15, 0.2) is 0 Å². The molecule has 0 aromatic heterocycles. The Morgan fingerprint density at radius 2 is 1.71 bits per heavy atom. The first-order valence-electron chi connectivity index (χ1n) is 8.10. The molecule has 2 rings (SSSR count). The van der Waals surface area contributed by atoms with Gasteiger partial charge in [-0.1, -0.05) is 37.3 Å². The molecule has 4 heteroatoms. The molecule has 0 radical (unpaired) electrons. The van der Waals surface area contributed by atoms with Crippen LogP contribution in [0.4, 0.5) is 5.69 Å². The number of hydrogen-bond donors (Lipinski definition) is 1. The first kappa shape index (κ1) is 17.7. The lowest BCUT2D eigenvalue weighted by molar-refractivity contribution is -0.117. The minimum Gasteiger partial charge on any atom is -0.465 e. The van der Waals surface area contributed by atoms with Gasteiger partial charge in [-0.05, 0) is 48.6 Å². The fraction of sp³-hybridized carbons (Fsp3) is 0.300. The highest BCUT2D eigenvalue weighted by molar-refractivity contribution is 5.93. The second-order valence-electron chi connectivity index (χ2n) is 5.95. The van der Waals surface area contributed by atoms with E-state index in [1.807, 2.05) is 18.2 Å². The lowest BCUT2D eigenvalue weighted by atomic mass is 9.98. The normalized spacial score (nSPS) is 11.6. The standard InChI is InChI=1S/C20H23NO3/c1-15(8-9-16-6-4-3-5-7-16)14-19(22)21-18-12-10-17(11-13-18)20(23)24-2/h3-7,10-13,15H,8-9,14H2,1-2H3,(H,21,22)/t15-/m1/s1. The van der Waals surface area contributed by atoms with Gasteiger partial charge in [-0.3, -0.25) is 4.79 Å². The van der Waals surface area contributed by atoms with E-state index in [1.165, 1.54) is 12.7 Å². The third kappa shape index (κ3) is 5.54. The zero-order valence-electron chi connectivity index (χ0n) is 14.1. The maximum absolute atomic E-state index is 12.1. The predicted octanol–water partition coefficient (Wildman–Crippen LogP) is 4.07. The van der Waals surface area contributed by atoms with Crippen LogP contribution in [0.1, 0.15) is 35.7 Å². The van der Waals surface area contributed by atoms with Crippen LogP contribution in [0.25, 0.3) is 0 Å². The zero-order chi connectivity index (χ0) is 17.4. The van der Waals surface area contributed by atoms with Crippen molar-refractivity contribution in [2.45, 2.75) is 26.2 Å². The number of carbonyl (C=O) groups excluding carboxylic acids is 2. The molecule has 0 aliphatic rings. The summed E-state index contributed by atoms with van der Waals surface area (Å²) >= 11 is 0. The Hall–Kier alpha value is -2.62. The van der Waals surface area contributed by atoms with Gasteiger partial charge in [0.1, 0.15) is 0 Å². The maximum atomic E-state index is 12.1. The smallest absolute Gasteiger partial charge is 0.337 e. The monoisotopic (exact) mass is 325 g/mol. The number of amides is 1. The molecule has 0 aliphatic heterocycles. The van der Waals surface area contributed by atoms with Crippen molar-refractivity contribution >= 4 is 17.6 Å². The SMILES string of the molecule is COC(=O)c1ccc(NC(=O)C[C@H](C)CCc2ccccc2)cc1. The summed E-state index contributed by atoms with van der Waals surface area (Å²) in [6.45, 7) is 2.09. The summed E-state index contributed by atoms with van der Waals surface area (Å²) in [6.07, 6.45) is 2.42. The van der Waals surface area contributed by atoms with E-state index in [4.69, 9.17) is 0 Å². The molecule has 2 aromatic carbocycles. The van der Waals surface area contributed by atoms with Gasteiger partial charge < -0.3 is 10.1 Å². The highest BCUT2D eigenvalue weighted by atomic mass is 16.5.